The van der Waals surface area contributed by atoms with Gasteiger partial charge in [-0.15, -0.1) is 11.8 Å². The summed E-state index contributed by atoms with van der Waals surface area (Å²) in [4.78, 5) is 0. The lowest BCUT2D eigenvalue weighted by molar-refractivity contribution is 0.220. The van der Waals surface area contributed by atoms with E-state index in [0.29, 0.717) is 5.94 Å². The lowest BCUT2D eigenvalue weighted by atomic mass is 10.1. The van der Waals surface area contributed by atoms with Crippen molar-refractivity contribution >= 4 is 19.1 Å². The minimum absolute atomic E-state index is 0.371. The van der Waals surface area contributed by atoms with Crippen LogP contribution < -0.4 is 0 Å². The molecule has 0 aliphatic heterocycles. The third-order valence-electron chi connectivity index (χ3n) is 3.69. The molecule has 0 unspecified atom stereocenters. The van der Waals surface area contributed by atoms with Gasteiger partial charge in [0.2, 0.25) is 0 Å². The van der Waals surface area contributed by atoms with E-state index in [-0.39, 0.29) is 0 Å². The fraction of sp³-hybridized carbons (Fsp3) is 1.00. The van der Waals surface area contributed by atoms with Gasteiger partial charge in [-0.2, -0.15) is 0 Å². The lowest BCUT2D eigenvalue weighted by Crippen LogP contribution is -2.16. The molecular weight excluding hydrogens is 283 g/mol. The summed E-state index contributed by atoms with van der Waals surface area (Å²) in [5.74, 6) is 1.42. The Labute approximate surface area is 136 Å². The van der Waals surface area contributed by atoms with Crippen LogP contribution in [0, 0.1) is 0 Å². The van der Waals surface area contributed by atoms with Crippen molar-refractivity contribution in [1.82, 2.24) is 0 Å². The van der Waals surface area contributed by atoms with Gasteiger partial charge in [-0.1, -0.05) is 84.0 Å². The first-order valence-electron chi connectivity index (χ1n) is 8.83. The van der Waals surface area contributed by atoms with E-state index in [1.165, 1.54) is 83.5 Å². The summed E-state index contributed by atoms with van der Waals surface area (Å²) in [6.45, 7) is 2.27. The minimum atomic E-state index is -1.62. The molecule has 0 rings (SSSR count). The number of hydrogen-bond acceptors (Lipinski definition) is 4. The lowest BCUT2D eigenvalue weighted by Gasteiger charge is -2.04. The largest absolute Gasteiger partial charge is 0.634 e. The van der Waals surface area contributed by atoms with Gasteiger partial charge in [0.1, 0.15) is 0 Å². The third kappa shape index (κ3) is 20.3. The van der Waals surface area contributed by atoms with Gasteiger partial charge in [-0.3, -0.25) is 0 Å². The van der Waals surface area contributed by atoms with E-state index >= 15 is 0 Å². The van der Waals surface area contributed by atoms with Crippen molar-refractivity contribution < 1.29 is 14.7 Å². The Morgan fingerprint density at radius 1 is 0.714 bits per heavy atom. The van der Waals surface area contributed by atoms with Gasteiger partial charge in [0, 0.05) is 0 Å². The van der Waals surface area contributed by atoms with Crippen LogP contribution in [0.1, 0.15) is 90.4 Å². The van der Waals surface area contributed by atoms with Crippen molar-refractivity contribution in [2.75, 3.05) is 11.7 Å². The molecule has 0 aromatic rings. The highest BCUT2D eigenvalue weighted by molar-refractivity contribution is 7.99. The Morgan fingerprint density at radius 3 is 1.57 bits per heavy atom. The van der Waals surface area contributed by atoms with Crippen LogP contribution in [0.4, 0.5) is 0 Å². The zero-order valence-corrected chi connectivity index (χ0v) is 14.7. The molecule has 0 radical (unpaired) electrons. The summed E-state index contributed by atoms with van der Waals surface area (Å²) in [6.07, 6.45) is 17.9. The zero-order chi connectivity index (χ0) is 15.6. The van der Waals surface area contributed by atoms with Crippen molar-refractivity contribution in [1.29, 1.82) is 0 Å². The van der Waals surface area contributed by atoms with Crippen LogP contribution in [-0.2, 0) is 4.65 Å². The highest BCUT2D eigenvalue weighted by Gasteiger charge is 2.06. The van der Waals surface area contributed by atoms with Gasteiger partial charge < -0.3 is 14.7 Å². The normalized spacial score (nSPS) is 11.0. The summed E-state index contributed by atoms with van der Waals surface area (Å²) >= 11 is 1.62. The van der Waals surface area contributed by atoms with Crippen molar-refractivity contribution in [2.45, 2.75) is 90.4 Å². The average molecular weight is 318 g/mol. The fourth-order valence-corrected chi connectivity index (χ4v) is 3.13. The van der Waals surface area contributed by atoms with Gasteiger partial charge in [0.05, 0.1) is 5.94 Å². The van der Waals surface area contributed by atoms with Gasteiger partial charge in [0.25, 0.3) is 0 Å². The average Bonchev–Trinajstić information content (AvgIpc) is 2.46. The third-order valence-corrected chi connectivity index (χ3v) is 4.57. The quantitative estimate of drug-likeness (QED) is 0.231. The summed E-state index contributed by atoms with van der Waals surface area (Å²) in [5, 5.41) is 17.0. The van der Waals surface area contributed by atoms with Crippen LogP contribution in [0.15, 0.2) is 0 Å². The van der Waals surface area contributed by atoms with E-state index in [1.54, 1.807) is 11.8 Å². The maximum Gasteiger partial charge on any atom is 0.634 e. The Morgan fingerprint density at radius 2 is 1.14 bits per heavy atom. The van der Waals surface area contributed by atoms with Crippen molar-refractivity contribution in [2.24, 2.45) is 0 Å². The van der Waals surface area contributed by atoms with Crippen LogP contribution in [0.25, 0.3) is 0 Å². The van der Waals surface area contributed by atoms with Crippen molar-refractivity contribution in [3.63, 3.8) is 0 Å². The highest BCUT2D eigenvalue weighted by Crippen LogP contribution is 2.13. The molecule has 0 aliphatic carbocycles. The molecule has 0 aliphatic rings. The maximum atomic E-state index is 8.49. The van der Waals surface area contributed by atoms with E-state index in [1.807, 2.05) is 0 Å². The Kier molecular flexibility index (Phi) is 18.6. The summed E-state index contributed by atoms with van der Waals surface area (Å²) < 4.78 is 4.63. The predicted molar refractivity (Wildman–Crippen MR) is 94.3 cm³/mol. The molecule has 0 bridgehead atoms. The first kappa shape index (κ1) is 21.3. The summed E-state index contributed by atoms with van der Waals surface area (Å²) in [7, 11) is -1.62. The van der Waals surface area contributed by atoms with E-state index in [0.717, 1.165) is 5.75 Å². The molecule has 5 heteroatoms. The van der Waals surface area contributed by atoms with Crippen LogP contribution in [0.3, 0.4) is 0 Å². The minimum Gasteiger partial charge on any atom is -0.402 e. The summed E-state index contributed by atoms with van der Waals surface area (Å²) in [5.41, 5.74) is 0. The zero-order valence-electron chi connectivity index (χ0n) is 13.9. The molecule has 21 heavy (non-hydrogen) atoms. The molecule has 126 valence electrons. The van der Waals surface area contributed by atoms with Crippen LogP contribution in [0.5, 0.6) is 0 Å². The van der Waals surface area contributed by atoms with E-state index in [2.05, 4.69) is 11.6 Å². The van der Waals surface area contributed by atoms with E-state index in [4.69, 9.17) is 10.0 Å². The number of thioether (sulfide) groups is 1. The SMILES string of the molecule is CCCCCCCCCCCCCCCSCOB(O)O. The van der Waals surface area contributed by atoms with E-state index in [9.17, 15) is 0 Å². The molecule has 2 N–H and O–H groups in total. The van der Waals surface area contributed by atoms with Crippen molar-refractivity contribution in [3.05, 3.63) is 0 Å². The molecular formula is C16H35BO3S. The number of unbranched alkanes of at least 4 members (excludes halogenated alkanes) is 12. The first-order valence-corrected chi connectivity index (χ1v) is 9.98. The van der Waals surface area contributed by atoms with Gasteiger partial charge >= 0.3 is 7.32 Å². The molecule has 0 saturated heterocycles. The topological polar surface area (TPSA) is 49.7 Å². The standard InChI is InChI=1S/C16H35BO3S/c1-2-3-4-5-6-7-8-9-10-11-12-13-14-15-21-16-20-17(18)19/h18-19H,2-16H2,1H3. The molecule has 0 spiro atoms. The maximum absolute atomic E-state index is 8.49. The van der Waals surface area contributed by atoms with Crippen LogP contribution >= 0.6 is 11.8 Å². The molecule has 0 fully saturated rings. The fourth-order valence-electron chi connectivity index (χ4n) is 2.39. The molecule has 0 atom stereocenters. The number of rotatable bonds is 17. The van der Waals surface area contributed by atoms with Crippen LogP contribution in [0.2, 0.25) is 0 Å². The van der Waals surface area contributed by atoms with Crippen LogP contribution in [-0.4, -0.2) is 29.1 Å². The highest BCUT2D eigenvalue weighted by atomic mass is 32.2. The first-order chi connectivity index (χ1) is 10.3. The Balaban J connectivity index is 2.93. The number of hydrogen-bond donors (Lipinski definition) is 2. The van der Waals surface area contributed by atoms with Gasteiger partial charge in [-0.05, 0) is 12.2 Å². The molecule has 0 aromatic heterocycles. The molecule has 0 heterocycles. The van der Waals surface area contributed by atoms with E-state index < -0.39 is 7.32 Å². The predicted octanol–water partition coefficient (Wildman–Crippen LogP) is 4.75. The summed E-state index contributed by atoms with van der Waals surface area (Å²) in [6, 6.07) is 0. The second kappa shape index (κ2) is 18.3. The smallest absolute Gasteiger partial charge is 0.402 e. The second-order valence-corrected chi connectivity index (χ2v) is 6.81. The molecule has 0 saturated carbocycles. The van der Waals surface area contributed by atoms with Crippen molar-refractivity contribution in [3.8, 4) is 0 Å². The monoisotopic (exact) mass is 318 g/mol. The molecule has 0 amide bonds. The Hall–Kier alpha value is 0.295. The molecule has 0 aromatic carbocycles. The van der Waals surface area contributed by atoms with Gasteiger partial charge in [0.15, 0.2) is 0 Å². The molecule has 3 nitrogen and oxygen atoms in total. The van der Waals surface area contributed by atoms with Gasteiger partial charge in [-0.25, -0.2) is 0 Å². The Bertz CT molecular complexity index is 194. The second-order valence-electron chi connectivity index (χ2n) is 5.76.